The van der Waals surface area contributed by atoms with E-state index in [0.717, 1.165) is 19.3 Å². The Labute approximate surface area is 129 Å². The van der Waals surface area contributed by atoms with Crippen LogP contribution in [0.25, 0.3) is 0 Å². The van der Waals surface area contributed by atoms with Crippen LogP contribution in [0.3, 0.4) is 0 Å². The highest BCUT2D eigenvalue weighted by atomic mass is 16.4. The van der Waals surface area contributed by atoms with Gasteiger partial charge in [-0.1, -0.05) is 37.6 Å². The molecule has 0 atom stereocenters. The second-order valence-corrected chi connectivity index (χ2v) is 5.11. The molecular weight excluding hydrogens is 278 g/mol. The Morgan fingerprint density at radius 2 is 1.73 bits per heavy atom. The molecule has 0 aliphatic heterocycles. The highest BCUT2D eigenvalue weighted by Crippen LogP contribution is 2.16. The molecule has 0 unspecified atom stereocenters. The molecule has 0 saturated carbocycles. The van der Waals surface area contributed by atoms with Crippen LogP contribution in [0.1, 0.15) is 46.0 Å². The third-order valence-electron chi connectivity index (χ3n) is 3.44. The minimum Gasteiger partial charge on any atom is -0.478 e. The predicted molar refractivity (Wildman–Crippen MR) is 86.4 cm³/mol. The van der Waals surface area contributed by atoms with Crippen molar-refractivity contribution < 1.29 is 14.7 Å². The van der Waals surface area contributed by atoms with E-state index in [1.165, 1.54) is 11.6 Å². The lowest BCUT2D eigenvalue weighted by Gasteiger charge is -2.09. The number of carbonyl (C=O) groups excluding carboxylic acids is 1. The maximum Gasteiger partial charge on any atom is 0.337 e. The summed E-state index contributed by atoms with van der Waals surface area (Å²) in [4.78, 5) is 23.3. The van der Waals surface area contributed by atoms with Gasteiger partial charge >= 0.3 is 5.97 Å². The number of nitrogens with one attached hydrogen (secondary N) is 1. The van der Waals surface area contributed by atoms with Gasteiger partial charge in [-0.15, -0.1) is 0 Å². The molecule has 0 heterocycles. The summed E-state index contributed by atoms with van der Waals surface area (Å²) in [6.07, 6.45) is 3.26. The van der Waals surface area contributed by atoms with E-state index >= 15 is 0 Å². The fraction of sp³-hybridized carbons (Fsp3) is 0.222. The first kappa shape index (κ1) is 15.8. The van der Waals surface area contributed by atoms with Crippen LogP contribution in [0, 0.1) is 0 Å². The highest BCUT2D eigenvalue weighted by Gasteiger charge is 2.12. The smallest absolute Gasteiger partial charge is 0.337 e. The van der Waals surface area contributed by atoms with Crippen molar-refractivity contribution in [3.05, 3.63) is 65.2 Å². The number of unbranched alkanes of at least 4 members (excludes halogenated alkanes) is 1. The van der Waals surface area contributed by atoms with Crippen LogP contribution in [0.4, 0.5) is 5.69 Å². The zero-order valence-corrected chi connectivity index (χ0v) is 12.5. The molecule has 2 N–H and O–H groups in total. The van der Waals surface area contributed by atoms with E-state index in [-0.39, 0.29) is 11.5 Å². The number of benzene rings is 2. The van der Waals surface area contributed by atoms with Gasteiger partial charge in [0.05, 0.1) is 11.3 Å². The number of anilines is 1. The molecule has 0 aromatic heterocycles. The molecule has 114 valence electrons. The minimum absolute atomic E-state index is 0.0791. The molecule has 2 aromatic carbocycles. The first-order chi connectivity index (χ1) is 10.6. The van der Waals surface area contributed by atoms with E-state index in [4.69, 9.17) is 5.11 Å². The first-order valence-electron chi connectivity index (χ1n) is 7.34. The Morgan fingerprint density at radius 1 is 1.05 bits per heavy atom. The van der Waals surface area contributed by atoms with E-state index in [9.17, 15) is 9.59 Å². The molecule has 2 aromatic rings. The molecule has 1 amide bonds. The number of hydrogen-bond acceptors (Lipinski definition) is 2. The summed E-state index contributed by atoms with van der Waals surface area (Å²) in [7, 11) is 0. The van der Waals surface area contributed by atoms with E-state index in [1.54, 1.807) is 30.3 Å². The van der Waals surface area contributed by atoms with E-state index in [0.29, 0.717) is 11.3 Å². The molecule has 0 fully saturated rings. The number of carboxylic acid groups (broad SMARTS) is 1. The van der Waals surface area contributed by atoms with Crippen LogP contribution in [0.5, 0.6) is 0 Å². The number of carboxylic acids is 1. The summed E-state index contributed by atoms with van der Waals surface area (Å²) in [5.41, 5.74) is 2.09. The lowest BCUT2D eigenvalue weighted by molar-refractivity contribution is 0.0698. The molecule has 0 saturated heterocycles. The van der Waals surface area contributed by atoms with Gasteiger partial charge in [-0.05, 0) is 42.7 Å². The highest BCUT2D eigenvalue weighted by molar-refractivity contribution is 6.07. The van der Waals surface area contributed by atoms with Gasteiger partial charge in [0.15, 0.2) is 0 Å². The molecule has 2 rings (SSSR count). The zero-order chi connectivity index (χ0) is 15.9. The monoisotopic (exact) mass is 297 g/mol. The third kappa shape index (κ3) is 3.95. The van der Waals surface area contributed by atoms with Gasteiger partial charge in [0.25, 0.3) is 5.91 Å². The van der Waals surface area contributed by atoms with Gasteiger partial charge in [-0.3, -0.25) is 4.79 Å². The van der Waals surface area contributed by atoms with Crippen LogP contribution >= 0.6 is 0 Å². The lowest BCUT2D eigenvalue weighted by atomic mass is 10.1. The van der Waals surface area contributed by atoms with Crippen molar-refractivity contribution in [3.8, 4) is 0 Å². The number of amides is 1. The average Bonchev–Trinajstić information content (AvgIpc) is 2.53. The summed E-state index contributed by atoms with van der Waals surface area (Å²) >= 11 is 0. The molecule has 22 heavy (non-hydrogen) atoms. The third-order valence-corrected chi connectivity index (χ3v) is 3.44. The van der Waals surface area contributed by atoms with Gasteiger partial charge in [0.2, 0.25) is 0 Å². The SMILES string of the molecule is CCCCc1ccc(C(=O)Nc2ccccc2C(=O)O)cc1. The standard InChI is InChI=1S/C18H19NO3/c1-2-3-6-13-9-11-14(12-10-13)17(20)19-16-8-5-4-7-15(16)18(21)22/h4-5,7-12H,2-3,6H2,1H3,(H,19,20)(H,21,22). The van der Waals surface area contributed by atoms with Gasteiger partial charge in [-0.25, -0.2) is 4.79 Å². The fourth-order valence-corrected chi connectivity index (χ4v) is 2.18. The van der Waals surface area contributed by atoms with Crippen molar-refractivity contribution in [2.75, 3.05) is 5.32 Å². The largest absolute Gasteiger partial charge is 0.478 e. The molecule has 0 radical (unpaired) electrons. The summed E-state index contributed by atoms with van der Waals surface area (Å²) in [5, 5.41) is 11.8. The quantitative estimate of drug-likeness (QED) is 0.847. The summed E-state index contributed by atoms with van der Waals surface area (Å²) in [6.45, 7) is 2.14. The summed E-state index contributed by atoms with van der Waals surface area (Å²) in [6, 6.07) is 13.8. The van der Waals surface area contributed by atoms with Crippen LogP contribution in [-0.4, -0.2) is 17.0 Å². The van der Waals surface area contributed by atoms with E-state index < -0.39 is 5.97 Å². The second-order valence-electron chi connectivity index (χ2n) is 5.11. The van der Waals surface area contributed by atoms with Crippen molar-refractivity contribution in [1.29, 1.82) is 0 Å². The number of rotatable bonds is 6. The Morgan fingerprint density at radius 3 is 2.36 bits per heavy atom. The van der Waals surface area contributed by atoms with Crippen LogP contribution in [0.2, 0.25) is 0 Å². The fourth-order valence-electron chi connectivity index (χ4n) is 2.18. The van der Waals surface area contributed by atoms with Crippen molar-refractivity contribution in [2.24, 2.45) is 0 Å². The first-order valence-corrected chi connectivity index (χ1v) is 7.34. The van der Waals surface area contributed by atoms with Crippen LogP contribution in [-0.2, 0) is 6.42 Å². The molecular formula is C18H19NO3. The van der Waals surface area contributed by atoms with Crippen LogP contribution < -0.4 is 5.32 Å². The predicted octanol–water partition coefficient (Wildman–Crippen LogP) is 3.98. The van der Waals surface area contributed by atoms with Gasteiger partial charge in [-0.2, -0.15) is 0 Å². The molecule has 4 nitrogen and oxygen atoms in total. The Kier molecular flexibility index (Phi) is 5.31. The van der Waals surface area contributed by atoms with Crippen molar-refractivity contribution in [3.63, 3.8) is 0 Å². The van der Waals surface area contributed by atoms with Crippen LogP contribution in [0.15, 0.2) is 48.5 Å². The Balaban J connectivity index is 2.11. The molecule has 0 aliphatic carbocycles. The molecule has 4 heteroatoms. The Hall–Kier alpha value is -2.62. The zero-order valence-electron chi connectivity index (χ0n) is 12.5. The number of hydrogen-bond donors (Lipinski definition) is 2. The number of para-hydroxylation sites is 1. The van der Waals surface area contributed by atoms with Gasteiger partial charge in [0, 0.05) is 5.56 Å². The molecule has 0 aliphatic rings. The number of aryl methyl sites for hydroxylation is 1. The summed E-state index contributed by atoms with van der Waals surface area (Å²) < 4.78 is 0. The average molecular weight is 297 g/mol. The maximum atomic E-state index is 12.2. The topological polar surface area (TPSA) is 66.4 Å². The maximum absolute atomic E-state index is 12.2. The van der Waals surface area contributed by atoms with Gasteiger partial charge in [0.1, 0.15) is 0 Å². The molecule has 0 bridgehead atoms. The summed E-state index contributed by atoms with van der Waals surface area (Å²) in [5.74, 6) is -1.37. The second kappa shape index (κ2) is 7.41. The van der Waals surface area contributed by atoms with E-state index in [2.05, 4.69) is 12.2 Å². The number of aromatic carboxylic acids is 1. The lowest BCUT2D eigenvalue weighted by Crippen LogP contribution is -2.14. The minimum atomic E-state index is -1.06. The van der Waals surface area contributed by atoms with Crippen molar-refractivity contribution >= 4 is 17.6 Å². The normalized spacial score (nSPS) is 10.2. The van der Waals surface area contributed by atoms with Gasteiger partial charge < -0.3 is 10.4 Å². The van der Waals surface area contributed by atoms with E-state index in [1.807, 2.05) is 12.1 Å². The number of carbonyl (C=O) groups is 2. The molecule has 0 spiro atoms. The van der Waals surface area contributed by atoms with Crippen molar-refractivity contribution in [1.82, 2.24) is 0 Å². The van der Waals surface area contributed by atoms with Crippen molar-refractivity contribution in [2.45, 2.75) is 26.2 Å². The Bertz CT molecular complexity index is 662.